The van der Waals surface area contributed by atoms with E-state index in [2.05, 4.69) is 5.32 Å². The Kier molecular flexibility index (Phi) is 6.97. The first-order valence-corrected chi connectivity index (χ1v) is 12.4. The summed E-state index contributed by atoms with van der Waals surface area (Å²) in [6.45, 7) is 5.01. The van der Waals surface area contributed by atoms with Crippen molar-refractivity contribution in [3.63, 3.8) is 0 Å². The van der Waals surface area contributed by atoms with Crippen molar-refractivity contribution in [1.82, 2.24) is 13.9 Å². The Morgan fingerprint density at radius 2 is 2.04 bits per heavy atom. The van der Waals surface area contributed by atoms with Crippen LogP contribution in [0.4, 0.5) is 5.00 Å². The highest BCUT2D eigenvalue weighted by Gasteiger charge is 2.34. The Morgan fingerprint density at radius 3 is 2.56 bits per heavy atom. The van der Waals surface area contributed by atoms with Crippen LogP contribution < -0.4 is 5.32 Å². The molecule has 1 fully saturated rings. The van der Waals surface area contributed by atoms with Crippen LogP contribution in [-0.2, 0) is 20.0 Å². The third kappa shape index (κ3) is 5.68. The molecule has 2 rings (SSSR count). The van der Waals surface area contributed by atoms with Crippen molar-refractivity contribution >= 4 is 36.4 Å². The van der Waals surface area contributed by atoms with Crippen LogP contribution in [0.1, 0.15) is 13.8 Å². The fraction of sp³-hybridized carbons (Fsp3) is 0.714. The van der Waals surface area contributed by atoms with Crippen LogP contribution in [0.2, 0.25) is 0 Å². The molecule has 13 heteroatoms. The quantitative estimate of drug-likeness (QED) is 0.461. The topological polar surface area (TPSA) is 130 Å². The number of piperazine rings is 1. The molecule has 1 saturated heterocycles. The van der Waals surface area contributed by atoms with E-state index in [0.29, 0.717) is 24.4 Å². The van der Waals surface area contributed by atoms with Gasteiger partial charge in [0.15, 0.2) is 0 Å². The molecule has 1 aromatic rings. The standard InChI is InChI=1S/C14H24N4O6S3/c1-11(2)8-17(26(3,21)22)10-12-9-16(7-6-15-12)27(23,24)14-5-4-13(25-14)18(19)20/h4-5,11-12,15H,6-10H2,1-3H3/t12-/m1/s1. The molecular weight excluding hydrogens is 416 g/mol. The second-order valence-corrected chi connectivity index (χ2v) is 12.0. The predicted octanol–water partition coefficient (Wildman–Crippen LogP) is 0.536. The molecule has 154 valence electrons. The van der Waals surface area contributed by atoms with E-state index >= 15 is 0 Å². The summed E-state index contributed by atoms with van der Waals surface area (Å²) in [7, 11) is -7.28. The molecule has 0 spiro atoms. The van der Waals surface area contributed by atoms with E-state index in [1.54, 1.807) is 0 Å². The van der Waals surface area contributed by atoms with Crippen molar-refractivity contribution in [3.05, 3.63) is 22.2 Å². The van der Waals surface area contributed by atoms with Crippen molar-refractivity contribution in [2.24, 2.45) is 5.92 Å². The van der Waals surface area contributed by atoms with Gasteiger partial charge in [0, 0.05) is 44.8 Å². The van der Waals surface area contributed by atoms with Crippen molar-refractivity contribution in [2.75, 3.05) is 39.0 Å². The SMILES string of the molecule is CC(C)CN(C[C@H]1CN(S(=O)(=O)c2ccc([N+](=O)[O-])s2)CCN1)S(C)(=O)=O. The molecule has 1 N–H and O–H groups in total. The van der Waals surface area contributed by atoms with Crippen LogP contribution in [0, 0.1) is 16.0 Å². The molecule has 1 aromatic heterocycles. The van der Waals surface area contributed by atoms with E-state index in [4.69, 9.17) is 0 Å². The first-order valence-electron chi connectivity index (χ1n) is 8.34. The summed E-state index contributed by atoms with van der Waals surface area (Å²) in [5, 5.41) is 13.7. The maximum absolute atomic E-state index is 12.8. The Labute approximate surface area is 163 Å². The lowest BCUT2D eigenvalue weighted by Crippen LogP contribution is -2.57. The van der Waals surface area contributed by atoms with Gasteiger partial charge in [-0.3, -0.25) is 10.1 Å². The van der Waals surface area contributed by atoms with Gasteiger partial charge < -0.3 is 5.32 Å². The maximum atomic E-state index is 12.8. The third-order valence-corrected chi connectivity index (χ3v) is 8.63. The number of nitrogens with zero attached hydrogens (tertiary/aromatic N) is 3. The van der Waals surface area contributed by atoms with Crippen LogP contribution in [0.15, 0.2) is 16.3 Å². The zero-order chi connectivity index (χ0) is 20.4. The second-order valence-electron chi connectivity index (χ2n) is 6.84. The molecule has 1 aliphatic rings. The summed E-state index contributed by atoms with van der Waals surface area (Å²) in [6.07, 6.45) is 1.14. The van der Waals surface area contributed by atoms with E-state index in [-0.39, 0.29) is 40.8 Å². The molecule has 0 unspecified atom stereocenters. The maximum Gasteiger partial charge on any atom is 0.325 e. The first kappa shape index (κ1) is 22.2. The predicted molar refractivity (Wildman–Crippen MR) is 103 cm³/mol. The highest BCUT2D eigenvalue weighted by atomic mass is 32.2. The van der Waals surface area contributed by atoms with Crippen molar-refractivity contribution in [2.45, 2.75) is 24.1 Å². The lowest BCUT2D eigenvalue weighted by molar-refractivity contribution is -0.380. The largest absolute Gasteiger partial charge is 0.325 e. The number of hydrogen-bond donors (Lipinski definition) is 1. The number of nitro groups is 1. The summed E-state index contributed by atoms with van der Waals surface area (Å²) in [4.78, 5) is 10.2. The minimum Gasteiger partial charge on any atom is -0.310 e. The molecule has 0 saturated carbocycles. The van der Waals surface area contributed by atoms with Crippen LogP contribution in [0.3, 0.4) is 0 Å². The van der Waals surface area contributed by atoms with Gasteiger partial charge in [-0.2, -0.15) is 4.31 Å². The van der Waals surface area contributed by atoms with Crippen molar-refractivity contribution < 1.29 is 21.8 Å². The summed E-state index contributed by atoms with van der Waals surface area (Å²) in [5.74, 6) is 0.134. The van der Waals surface area contributed by atoms with Gasteiger partial charge >= 0.3 is 5.00 Å². The lowest BCUT2D eigenvalue weighted by Gasteiger charge is -2.35. The molecule has 10 nitrogen and oxygen atoms in total. The Bertz CT molecular complexity index is 880. The molecule has 1 aliphatic heterocycles. The number of thiophene rings is 1. The van der Waals surface area contributed by atoms with Crippen molar-refractivity contribution in [3.8, 4) is 0 Å². The van der Waals surface area contributed by atoms with E-state index in [1.807, 2.05) is 13.8 Å². The molecule has 27 heavy (non-hydrogen) atoms. The molecule has 0 radical (unpaired) electrons. The Hall–Kier alpha value is -1.12. The van der Waals surface area contributed by atoms with Crippen LogP contribution in [0.5, 0.6) is 0 Å². The van der Waals surface area contributed by atoms with Gasteiger partial charge in [-0.15, -0.1) is 0 Å². The number of sulfonamides is 2. The smallest absolute Gasteiger partial charge is 0.310 e. The summed E-state index contributed by atoms with van der Waals surface area (Å²) < 4.78 is 52.1. The fourth-order valence-electron chi connectivity index (χ4n) is 2.81. The monoisotopic (exact) mass is 440 g/mol. The number of hydrogen-bond acceptors (Lipinski definition) is 8. The molecule has 0 aromatic carbocycles. The normalized spacial score (nSPS) is 19.7. The zero-order valence-corrected chi connectivity index (χ0v) is 17.8. The second kappa shape index (κ2) is 8.49. The van der Waals surface area contributed by atoms with Crippen LogP contribution in [-0.4, -0.2) is 75.4 Å². The molecule has 0 bridgehead atoms. The zero-order valence-electron chi connectivity index (χ0n) is 15.4. The summed E-state index contributed by atoms with van der Waals surface area (Å²) in [5.41, 5.74) is 0. The van der Waals surface area contributed by atoms with Gasteiger partial charge in [-0.1, -0.05) is 13.8 Å². The summed E-state index contributed by atoms with van der Waals surface area (Å²) in [6, 6.07) is 2.04. The lowest BCUT2D eigenvalue weighted by atomic mass is 10.2. The number of rotatable bonds is 8. The van der Waals surface area contributed by atoms with Crippen molar-refractivity contribution in [1.29, 1.82) is 0 Å². The average Bonchev–Trinajstić information content (AvgIpc) is 3.04. The van der Waals surface area contributed by atoms with Gasteiger partial charge in [-0.05, 0) is 23.3 Å². The van der Waals surface area contributed by atoms with E-state index in [0.717, 1.165) is 6.26 Å². The highest BCUT2D eigenvalue weighted by molar-refractivity contribution is 7.91. The number of nitrogens with one attached hydrogen (secondary N) is 1. The third-order valence-electron chi connectivity index (χ3n) is 4.02. The average molecular weight is 441 g/mol. The fourth-order valence-corrected chi connectivity index (χ4v) is 6.58. The van der Waals surface area contributed by atoms with Gasteiger partial charge in [0.2, 0.25) is 10.0 Å². The molecular formula is C14H24N4O6S3. The Morgan fingerprint density at radius 1 is 1.37 bits per heavy atom. The molecule has 1 atom stereocenters. The minimum absolute atomic E-state index is 0.0861. The summed E-state index contributed by atoms with van der Waals surface area (Å²) >= 11 is 0.614. The van der Waals surface area contributed by atoms with Crippen LogP contribution >= 0.6 is 11.3 Å². The molecule has 0 aliphatic carbocycles. The molecule has 0 amide bonds. The van der Waals surface area contributed by atoms with E-state index in [1.165, 1.54) is 20.7 Å². The van der Waals surface area contributed by atoms with Gasteiger partial charge in [0.05, 0.1) is 11.2 Å². The van der Waals surface area contributed by atoms with E-state index in [9.17, 15) is 26.9 Å². The van der Waals surface area contributed by atoms with Gasteiger partial charge in [-0.25, -0.2) is 21.1 Å². The van der Waals surface area contributed by atoms with Gasteiger partial charge in [0.25, 0.3) is 10.0 Å². The first-order chi connectivity index (χ1) is 12.4. The molecule has 2 heterocycles. The minimum atomic E-state index is -3.86. The van der Waals surface area contributed by atoms with Crippen LogP contribution in [0.25, 0.3) is 0 Å². The van der Waals surface area contributed by atoms with E-state index < -0.39 is 25.0 Å². The van der Waals surface area contributed by atoms with Gasteiger partial charge in [0.1, 0.15) is 4.21 Å². The highest BCUT2D eigenvalue weighted by Crippen LogP contribution is 2.30. The Balaban J connectivity index is 2.15.